The smallest absolute Gasteiger partial charge is 0.339 e. The second-order valence-electron chi connectivity index (χ2n) is 6.69. The topological polar surface area (TPSA) is 88.6 Å². The van der Waals surface area contributed by atoms with Crippen LogP contribution >= 0.6 is 11.6 Å². The molecule has 1 aromatic carbocycles. The van der Waals surface area contributed by atoms with E-state index >= 15 is 0 Å². The van der Waals surface area contributed by atoms with Gasteiger partial charge in [0.05, 0.1) is 29.1 Å². The maximum Gasteiger partial charge on any atom is 0.339 e. The zero-order valence-electron chi connectivity index (χ0n) is 16.3. The van der Waals surface area contributed by atoms with E-state index in [1.54, 1.807) is 36.9 Å². The number of rotatable bonds is 5. The van der Waals surface area contributed by atoms with Crippen molar-refractivity contribution in [2.75, 3.05) is 25.0 Å². The standard InChI is InChI=1S/C21H22ClN3O4/c1-3-29-21(28)15-7-9-18(23-13(15)2)19(26)24-17-8-6-14(22)12-16(17)20(27)25-10-4-5-11-25/h6-9,12H,3-5,10-11H2,1-2H3,(H,24,26). The van der Waals surface area contributed by atoms with E-state index < -0.39 is 11.9 Å². The number of amides is 2. The van der Waals surface area contributed by atoms with E-state index in [2.05, 4.69) is 10.3 Å². The Morgan fingerprint density at radius 3 is 2.52 bits per heavy atom. The van der Waals surface area contributed by atoms with Crippen LogP contribution in [-0.4, -0.2) is 47.4 Å². The van der Waals surface area contributed by atoms with Gasteiger partial charge in [-0.05, 0) is 57.0 Å². The molecular weight excluding hydrogens is 394 g/mol. The minimum atomic E-state index is -0.486. The summed E-state index contributed by atoms with van der Waals surface area (Å²) in [6.07, 6.45) is 1.92. The van der Waals surface area contributed by atoms with Gasteiger partial charge in [0, 0.05) is 18.1 Å². The summed E-state index contributed by atoms with van der Waals surface area (Å²) in [7, 11) is 0. The molecular formula is C21H22ClN3O4. The molecule has 29 heavy (non-hydrogen) atoms. The molecule has 0 radical (unpaired) electrons. The molecule has 0 spiro atoms. The van der Waals surface area contributed by atoms with Crippen LogP contribution in [0, 0.1) is 6.92 Å². The number of esters is 1. The Balaban J connectivity index is 1.83. The lowest BCUT2D eigenvalue weighted by molar-refractivity contribution is 0.0524. The average molecular weight is 416 g/mol. The number of aromatic nitrogens is 1. The van der Waals surface area contributed by atoms with Crippen molar-refractivity contribution in [3.05, 3.63) is 57.9 Å². The molecule has 2 heterocycles. The normalized spacial score (nSPS) is 13.3. The highest BCUT2D eigenvalue weighted by Gasteiger charge is 2.23. The molecule has 2 aromatic rings. The summed E-state index contributed by atoms with van der Waals surface area (Å²) < 4.78 is 4.97. The second kappa shape index (κ2) is 9.05. The maximum atomic E-state index is 12.8. The number of likely N-dealkylation sites (tertiary alicyclic amines) is 1. The van der Waals surface area contributed by atoms with Crippen LogP contribution in [-0.2, 0) is 4.74 Å². The van der Waals surface area contributed by atoms with Crippen LogP contribution in [0.1, 0.15) is 56.7 Å². The number of halogens is 1. The van der Waals surface area contributed by atoms with Crippen molar-refractivity contribution >= 4 is 35.1 Å². The van der Waals surface area contributed by atoms with Crippen molar-refractivity contribution < 1.29 is 19.1 Å². The van der Waals surface area contributed by atoms with Crippen molar-refractivity contribution in [2.45, 2.75) is 26.7 Å². The fraction of sp³-hybridized carbons (Fsp3) is 0.333. The molecule has 0 unspecified atom stereocenters. The third kappa shape index (κ3) is 4.74. The van der Waals surface area contributed by atoms with E-state index in [1.807, 2.05) is 0 Å². The zero-order chi connectivity index (χ0) is 21.0. The number of pyridine rings is 1. The Labute approximate surface area is 174 Å². The molecule has 2 amide bonds. The molecule has 0 atom stereocenters. The Hall–Kier alpha value is -2.93. The molecule has 1 aliphatic heterocycles. The summed E-state index contributed by atoms with van der Waals surface area (Å²) >= 11 is 6.08. The maximum absolute atomic E-state index is 12.8. The molecule has 7 nitrogen and oxygen atoms in total. The molecule has 1 aromatic heterocycles. The fourth-order valence-electron chi connectivity index (χ4n) is 3.19. The van der Waals surface area contributed by atoms with Gasteiger partial charge in [0.25, 0.3) is 11.8 Å². The number of carbonyl (C=O) groups is 3. The van der Waals surface area contributed by atoms with Gasteiger partial charge >= 0.3 is 5.97 Å². The number of nitrogens with zero attached hydrogens (tertiary/aromatic N) is 2. The first-order valence-electron chi connectivity index (χ1n) is 9.45. The number of ether oxygens (including phenoxy) is 1. The molecule has 1 saturated heterocycles. The van der Waals surface area contributed by atoms with Gasteiger partial charge in [-0.1, -0.05) is 11.6 Å². The van der Waals surface area contributed by atoms with Crippen molar-refractivity contribution in [2.24, 2.45) is 0 Å². The van der Waals surface area contributed by atoms with Crippen molar-refractivity contribution in [3.63, 3.8) is 0 Å². The predicted octanol–water partition coefficient (Wildman–Crippen LogP) is 3.71. The summed E-state index contributed by atoms with van der Waals surface area (Å²) in [6.45, 7) is 4.98. The van der Waals surface area contributed by atoms with Crippen LogP contribution in [0.15, 0.2) is 30.3 Å². The first-order chi connectivity index (χ1) is 13.9. The van der Waals surface area contributed by atoms with Crippen LogP contribution in [0.4, 0.5) is 5.69 Å². The Kier molecular flexibility index (Phi) is 6.49. The molecule has 1 N–H and O–H groups in total. The third-order valence-corrected chi connectivity index (χ3v) is 4.90. The summed E-state index contributed by atoms with van der Waals surface area (Å²) in [5.74, 6) is -1.14. The number of hydrogen-bond donors (Lipinski definition) is 1. The zero-order valence-corrected chi connectivity index (χ0v) is 17.1. The van der Waals surface area contributed by atoms with Gasteiger partial charge in [-0.2, -0.15) is 0 Å². The molecule has 1 fully saturated rings. The third-order valence-electron chi connectivity index (χ3n) is 4.67. The van der Waals surface area contributed by atoms with E-state index in [0.717, 1.165) is 12.8 Å². The van der Waals surface area contributed by atoms with Crippen molar-refractivity contribution in [1.82, 2.24) is 9.88 Å². The van der Waals surface area contributed by atoms with E-state index in [1.165, 1.54) is 12.1 Å². The molecule has 152 valence electrons. The monoisotopic (exact) mass is 415 g/mol. The Morgan fingerprint density at radius 2 is 1.86 bits per heavy atom. The van der Waals surface area contributed by atoms with Crippen LogP contribution in [0.2, 0.25) is 5.02 Å². The first-order valence-corrected chi connectivity index (χ1v) is 9.83. The van der Waals surface area contributed by atoms with Gasteiger partial charge < -0.3 is 15.0 Å². The fourth-order valence-corrected chi connectivity index (χ4v) is 3.36. The van der Waals surface area contributed by atoms with Crippen molar-refractivity contribution in [3.8, 4) is 0 Å². The highest BCUT2D eigenvalue weighted by atomic mass is 35.5. The van der Waals surface area contributed by atoms with Crippen LogP contribution in [0.5, 0.6) is 0 Å². The summed E-state index contributed by atoms with van der Waals surface area (Å²) in [6, 6.07) is 7.73. The molecule has 0 saturated carbocycles. The van der Waals surface area contributed by atoms with Crippen molar-refractivity contribution in [1.29, 1.82) is 0 Å². The largest absolute Gasteiger partial charge is 0.462 e. The van der Waals surface area contributed by atoms with Gasteiger partial charge in [0.2, 0.25) is 0 Å². The lowest BCUT2D eigenvalue weighted by Gasteiger charge is -2.18. The molecule has 0 bridgehead atoms. The minimum Gasteiger partial charge on any atom is -0.462 e. The first kappa shape index (κ1) is 20.8. The Bertz CT molecular complexity index is 955. The highest BCUT2D eigenvalue weighted by Crippen LogP contribution is 2.24. The summed E-state index contributed by atoms with van der Waals surface area (Å²) in [5.41, 5.74) is 1.53. The molecule has 8 heteroatoms. The van der Waals surface area contributed by atoms with Gasteiger partial charge in [-0.3, -0.25) is 9.59 Å². The number of nitrogens with one attached hydrogen (secondary N) is 1. The second-order valence-corrected chi connectivity index (χ2v) is 7.13. The van der Waals surface area contributed by atoms with E-state index in [-0.39, 0.29) is 18.2 Å². The Morgan fingerprint density at radius 1 is 1.14 bits per heavy atom. The lowest BCUT2D eigenvalue weighted by Crippen LogP contribution is -2.29. The summed E-state index contributed by atoms with van der Waals surface area (Å²) in [4.78, 5) is 43.4. The van der Waals surface area contributed by atoms with Crippen LogP contribution < -0.4 is 5.32 Å². The summed E-state index contributed by atoms with van der Waals surface area (Å²) in [5, 5.41) is 3.15. The predicted molar refractivity (Wildman–Crippen MR) is 109 cm³/mol. The van der Waals surface area contributed by atoms with Crippen LogP contribution in [0.3, 0.4) is 0 Å². The number of anilines is 1. The van der Waals surface area contributed by atoms with Gasteiger partial charge in [-0.15, -0.1) is 0 Å². The number of carbonyl (C=O) groups excluding carboxylic acids is 3. The number of benzene rings is 1. The average Bonchev–Trinajstić information content (AvgIpc) is 3.23. The van der Waals surface area contributed by atoms with Gasteiger partial charge in [-0.25, -0.2) is 9.78 Å². The van der Waals surface area contributed by atoms with E-state index in [0.29, 0.717) is 40.6 Å². The van der Waals surface area contributed by atoms with E-state index in [9.17, 15) is 14.4 Å². The SMILES string of the molecule is CCOC(=O)c1ccc(C(=O)Nc2ccc(Cl)cc2C(=O)N2CCCC2)nc1C. The minimum absolute atomic E-state index is 0.130. The lowest BCUT2D eigenvalue weighted by atomic mass is 10.1. The van der Waals surface area contributed by atoms with Crippen LogP contribution in [0.25, 0.3) is 0 Å². The molecule has 1 aliphatic rings. The molecule has 0 aliphatic carbocycles. The quantitative estimate of drug-likeness (QED) is 0.752. The molecule has 3 rings (SSSR count). The highest BCUT2D eigenvalue weighted by molar-refractivity contribution is 6.31. The number of aryl methyl sites for hydroxylation is 1. The van der Waals surface area contributed by atoms with Gasteiger partial charge in [0.1, 0.15) is 5.69 Å². The van der Waals surface area contributed by atoms with E-state index in [4.69, 9.17) is 16.3 Å². The number of hydrogen-bond acceptors (Lipinski definition) is 5. The van der Waals surface area contributed by atoms with Gasteiger partial charge in [0.15, 0.2) is 0 Å².